The first-order chi connectivity index (χ1) is 14.6. The van der Waals surface area contributed by atoms with E-state index in [4.69, 9.17) is 11.2 Å². The molecule has 3 aromatic rings. The van der Waals surface area contributed by atoms with Crippen LogP contribution in [0.15, 0.2) is 101 Å². The Bertz CT molecular complexity index is 985. The molecule has 0 saturated heterocycles. The summed E-state index contributed by atoms with van der Waals surface area (Å²) in [4.78, 5) is 2.53. The van der Waals surface area contributed by atoms with Gasteiger partial charge in [-0.3, -0.25) is 0 Å². The summed E-state index contributed by atoms with van der Waals surface area (Å²) >= 11 is 1.80. The molecule has 0 bridgehead atoms. The van der Waals surface area contributed by atoms with Gasteiger partial charge in [-0.15, -0.1) is 6.42 Å². The molecule has 2 heteroatoms. The molecule has 0 amide bonds. The van der Waals surface area contributed by atoms with Crippen molar-refractivity contribution in [2.45, 2.75) is 41.4 Å². The smallest absolute Gasteiger partial charge is 0.119 e. The summed E-state index contributed by atoms with van der Waals surface area (Å²) in [6.07, 6.45) is 10.7. The van der Waals surface area contributed by atoms with E-state index >= 15 is 0 Å². The molecule has 0 N–H and O–H groups in total. The fraction of sp³-hybridized carbons (Fsp3) is 0.214. The lowest BCUT2D eigenvalue weighted by molar-refractivity contribution is 0.363. The maximum absolute atomic E-state index is 5.95. The van der Waals surface area contributed by atoms with Crippen LogP contribution in [0.25, 0.3) is 0 Å². The number of hydrogen-bond donors (Lipinski definition) is 0. The predicted octanol–water partition coefficient (Wildman–Crippen LogP) is 7.32. The Hall–Kier alpha value is -2.89. The van der Waals surface area contributed by atoms with E-state index in [1.54, 1.807) is 17.8 Å². The molecule has 0 spiro atoms. The molecule has 1 nitrogen and oxygen atoms in total. The monoisotopic (exact) mass is 412 g/mol. The predicted molar refractivity (Wildman–Crippen MR) is 128 cm³/mol. The van der Waals surface area contributed by atoms with Crippen LogP contribution in [-0.4, -0.2) is 6.61 Å². The van der Waals surface area contributed by atoms with Gasteiger partial charge in [0.1, 0.15) is 12.4 Å². The van der Waals surface area contributed by atoms with E-state index in [9.17, 15) is 0 Å². The number of benzene rings is 3. The van der Waals surface area contributed by atoms with Crippen LogP contribution in [0.1, 0.15) is 30.9 Å². The summed E-state index contributed by atoms with van der Waals surface area (Å²) < 4.78 is 5.58. The number of terminal acetylenes is 1. The minimum absolute atomic E-state index is 0.284. The van der Waals surface area contributed by atoms with Crippen molar-refractivity contribution in [3.63, 3.8) is 0 Å². The van der Waals surface area contributed by atoms with Gasteiger partial charge in [0.05, 0.1) is 5.41 Å². The summed E-state index contributed by atoms with van der Waals surface area (Å²) in [6.45, 7) is 6.33. The van der Waals surface area contributed by atoms with Gasteiger partial charge in [0.15, 0.2) is 0 Å². The summed E-state index contributed by atoms with van der Waals surface area (Å²) in [6, 6.07) is 27.4. The maximum atomic E-state index is 5.95. The third kappa shape index (κ3) is 6.05. The summed E-state index contributed by atoms with van der Waals surface area (Å²) in [5.74, 6) is 3.87. The Balaban J connectivity index is 1.59. The molecule has 1 unspecified atom stereocenters. The van der Waals surface area contributed by atoms with Crippen molar-refractivity contribution in [3.8, 4) is 18.1 Å². The van der Waals surface area contributed by atoms with Crippen molar-refractivity contribution in [1.82, 2.24) is 0 Å². The highest BCUT2D eigenvalue weighted by Gasteiger charge is 2.23. The van der Waals surface area contributed by atoms with Gasteiger partial charge in [-0.1, -0.05) is 72.8 Å². The first-order valence-corrected chi connectivity index (χ1v) is 11.1. The van der Waals surface area contributed by atoms with Gasteiger partial charge in [-0.2, -0.15) is 0 Å². The molecule has 30 heavy (non-hydrogen) atoms. The van der Waals surface area contributed by atoms with Crippen LogP contribution in [0.4, 0.5) is 0 Å². The fourth-order valence-corrected chi connectivity index (χ4v) is 4.33. The first kappa shape index (κ1) is 21.8. The molecule has 0 aromatic heterocycles. The molecule has 3 aromatic carbocycles. The fourth-order valence-electron chi connectivity index (χ4n) is 3.41. The van der Waals surface area contributed by atoms with Gasteiger partial charge in [0.2, 0.25) is 0 Å². The van der Waals surface area contributed by atoms with Gasteiger partial charge >= 0.3 is 0 Å². The topological polar surface area (TPSA) is 9.23 Å². The zero-order valence-electron chi connectivity index (χ0n) is 17.5. The number of aryl methyl sites for hydroxylation is 1. The largest absolute Gasteiger partial charge is 0.490 e. The number of ether oxygens (including phenoxy) is 1. The zero-order chi connectivity index (χ0) is 21.2. The van der Waals surface area contributed by atoms with Gasteiger partial charge in [0.25, 0.3) is 0 Å². The molecule has 0 fully saturated rings. The van der Waals surface area contributed by atoms with Gasteiger partial charge < -0.3 is 4.74 Å². The highest BCUT2D eigenvalue weighted by atomic mass is 32.2. The van der Waals surface area contributed by atoms with Crippen molar-refractivity contribution in [2.75, 3.05) is 6.61 Å². The van der Waals surface area contributed by atoms with Gasteiger partial charge in [-0.05, 0) is 73.7 Å². The third-order valence-corrected chi connectivity index (χ3v) is 6.19. The van der Waals surface area contributed by atoms with Crippen LogP contribution in [0.2, 0.25) is 0 Å². The lowest BCUT2D eigenvalue weighted by atomic mass is 9.78. The van der Waals surface area contributed by atoms with E-state index in [0.717, 1.165) is 30.6 Å². The highest BCUT2D eigenvalue weighted by molar-refractivity contribution is 7.99. The Labute approximate surface area is 185 Å². The van der Waals surface area contributed by atoms with Crippen molar-refractivity contribution < 1.29 is 4.74 Å². The Morgan fingerprint density at radius 1 is 1.00 bits per heavy atom. The summed E-state index contributed by atoms with van der Waals surface area (Å²) in [7, 11) is 0. The average Bonchev–Trinajstić information content (AvgIpc) is 2.79. The van der Waals surface area contributed by atoms with E-state index in [-0.39, 0.29) is 5.41 Å². The zero-order valence-corrected chi connectivity index (χ0v) is 18.3. The lowest BCUT2D eigenvalue weighted by Gasteiger charge is -2.24. The minimum atomic E-state index is -0.284. The van der Waals surface area contributed by atoms with E-state index in [1.165, 1.54) is 15.4 Å². The summed E-state index contributed by atoms with van der Waals surface area (Å²) in [5, 5.41) is 0. The summed E-state index contributed by atoms with van der Waals surface area (Å²) in [5.41, 5.74) is 2.22. The van der Waals surface area contributed by atoms with E-state index < -0.39 is 0 Å². The van der Waals surface area contributed by atoms with Crippen LogP contribution in [0, 0.1) is 12.3 Å². The SMILES string of the molecule is C#CC(C)(CCCc1cccc(Sc2ccccc2)c1)c1ccc(OCC=C)cc1. The van der Waals surface area contributed by atoms with Crippen molar-refractivity contribution in [1.29, 1.82) is 0 Å². The van der Waals surface area contributed by atoms with Gasteiger partial charge in [0, 0.05) is 9.79 Å². The minimum Gasteiger partial charge on any atom is -0.490 e. The molecule has 1 atom stereocenters. The van der Waals surface area contributed by atoms with E-state index in [2.05, 4.69) is 80.1 Å². The van der Waals surface area contributed by atoms with Gasteiger partial charge in [-0.25, -0.2) is 0 Å². The van der Waals surface area contributed by atoms with Crippen LogP contribution in [-0.2, 0) is 11.8 Å². The molecule has 0 radical (unpaired) electrons. The molecule has 152 valence electrons. The molecule has 0 heterocycles. The van der Waals surface area contributed by atoms with E-state index in [0.29, 0.717) is 6.61 Å². The maximum Gasteiger partial charge on any atom is 0.119 e. The molecule has 0 aliphatic rings. The second kappa shape index (κ2) is 10.8. The molecule has 0 saturated carbocycles. The molecular formula is C28H28OS. The normalized spacial score (nSPS) is 12.5. The quantitative estimate of drug-likeness (QED) is 0.255. The van der Waals surface area contributed by atoms with Crippen LogP contribution >= 0.6 is 11.8 Å². The Morgan fingerprint density at radius 2 is 1.73 bits per heavy atom. The molecule has 3 rings (SSSR count). The van der Waals surface area contributed by atoms with Crippen molar-refractivity contribution in [2.24, 2.45) is 0 Å². The highest BCUT2D eigenvalue weighted by Crippen LogP contribution is 2.31. The van der Waals surface area contributed by atoms with Crippen LogP contribution in [0.3, 0.4) is 0 Å². The Kier molecular flexibility index (Phi) is 7.82. The van der Waals surface area contributed by atoms with Crippen LogP contribution < -0.4 is 4.74 Å². The van der Waals surface area contributed by atoms with Crippen molar-refractivity contribution >= 4 is 11.8 Å². The first-order valence-electron chi connectivity index (χ1n) is 10.3. The van der Waals surface area contributed by atoms with E-state index in [1.807, 2.05) is 18.2 Å². The second-order valence-electron chi connectivity index (χ2n) is 7.52. The lowest BCUT2D eigenvalue weighted by Crippen LogP contribution is -2.19. The standard InChI is InChI=1S/C28H28OS/c1-4-21-29-25-18-16-24(17-19-25)28(3,5-2)20-10-12-23-11-9-15-27(22-23)30-26-13-7-6-8-14-26/h2,4,6-9,11,13-19,22H,1,10,12,20-21H2,3H3. The molecule has 0 aliphatic heterocycles. The average molecular weight is 413 g/mol. The molecule has 0 aliphatic carbocycles. The Morgan fingerprint density at radius 3 is 2.43 bits per heavy atom. The number of rotatable bonds is 10. The van der Waals surface area contributed by atoms with Crippen molar-refractivity contribution in [3.05, 3.63) is 103 Å². The molecular weight excluding hydrogens is 384 g/mol. The second-order valence-corrected chi connectivity index (χ2v) is 8.66. The van der Waals surface area contributed by atoms with Crippen LogP contribution in [0.5, 0.6) is 5.75 Å². The third-order valence-electron chi connectivity index (χ3n) is 5.20. The number of hydrogen-bond acceptors (Lipinski definition) is 2.